The number of phosphoric ester groups is 1. The summed E-state index contributed by atoms with van der Waals surface area (Å²) in [4.78, 5) is 27.3. The molecule has 6 rings (SSSR count). The maximum Gasteiger partial charge on any atom is 0.475 e. The standard InChI is InChI=1S/C76H108ClO12P/c1-3-5-7-9-11-13-15-17-19-21-23-25-42-54-69(78)81-61-68(88-70(79)55-43-26-24-22-20-18-16-14-12-10-8-6-4-2)62-87-90(80,86-60-67-52-40-31-41-53-67)89-76-73(83-57-64-46-34-28-35-47-64)71(77)72(82-56-63-44-32-27-33-45-63)74(84-58-65-48-36-29-37-49-65)75(76)85-59-66-50-38-30-39-51-66/h27-41,44-53,68,71-76H,3-26,42-43,54-62H2,1-2H3/t68-,71-,72-,73-,74+,75-,76-,90?/m1/s1. The van der Waals surface area contributed by atoms with E-state index < -0.39 is 68.4 Å². The summed E-state index contributed by atoms with van der Waals surface area (Å²) in [6.45, 7) is 4.03. The number of ether oxygens (including phenoxy) is 6. The van der Waals surface area contributed by atoms with Gasteiger partial charge in [-0.1, -0.05) is 320 Å². The van der Waals surface area contributed by atoms with Crippen LogP contribution in [0.4, 0.5) is 0 Å². The van der Waals surface area contributed by atoms with Gasteiger partial charge in [0.2, 0.25) is 0 Å². The van der Waals surface area contributed by atoms with Crippen molar-refractivity contribution in [3.8, 4) is 0 Å². The van der Waals surface area contributed by atoms with Crippen molar-refractivity contribution in [3.05, 3.63) is 179 Å². The zero-order chi connectivity index (χ0) is 63.4. The number of hydrogen-bond donors (Lipinski definition) is 0. The molecule has 0 spiro atoms. The van der Waals surface area contributed by atoms with Crippen LogP contribution in [0.5, 0.6) is 0 Å². The predicted molar refractivity (Wildman–Crippen MR) is 361 cm³/mol. The molecule has 0 saturated heterocycles. The third-order valence-electron chi connectivity index (χ3n) is 16.7. The Morgan fingerprint density at radius 1 is 0.367 bits per heavy atom. The molecule has 5 aromatic carbocycles. The summed E-state index contributed by atoms with van der Waals surface area (Å²) >= 11 is 7.76. The van der Waals surface area contributed by atoms with Gasteiger partial charge in [-0.3, -0.25) is 23.2 Å². The molecule has 5 aromatic rings. The minimum absolute atomic E-state index is 0.0955. The lowest BCUT2D eigenvalue weighted by molar-refractivity contribution is -0.232. The zero-order valence-electron chi connectivity index (χ0n) is 54.4. The molecule has 0 amide bonds. The minimum Gasteiger partial charge on any atom is -0.462 e. The van der Waals surface area contributed by atoms with E-state index in [1.807, 2.05) is 152 Å². The van der Waals surface area contributed by atoms with Crippen molar-refractivity contribution >= 4 is 31.4 Å². The highest BCUT2D eigenvalue weighted by atomic mass is 35.5. The third-order valence-corrected chi connectivity index (χ3v) is 18.6. The highest BCUT2D eigenvalue weighted by molar-refractivity contribution is 7.48. The van der Waals surface area contributed by atoms with Gasteiger partial charge in [0.25, 0.3) is 0 Å². The van der Waals surface area contributed by atoms with E-state index in [1.165, 1.54) is 116 Å². The maximum absolute atomic E-state index is 16.0. The molecule has 0 aromatic heterocycles. The number of benzene rings is 5. The van der Waals surface area contributed by atoms with Gasteiger partial charge in [0, 0.05) is 12.8 Å². The smallest absolute Gasteiger partial charge is 0.462 e. The molecule has 0 heterocycles. The molecular weight excluding hydrogens is 1170 g/mol. The number of hydrogen-bond acceptors (Lipinski definition) is 12. The molecule has 1 aliphatic rings. The fourth-order valence-electron chi connectivity index (χ4n) is 11.4. The van der Waals surface area contributed by atoms with Crippen LogP contribution in [-0.2, 0) is 89.2 Å². The van der Waals surface area contributed by atoms with Crippen LogP contribution in [0, 0.1) is 0 Å². The molecule has 1 fully saturated rings. The van der Waals surface area contributed by atoms with Gasteiger partial charge >= 0.3 is 19.8 Å². The van der Waals surface area contributed by atoms with Crippen LogP contribution in [0.25, 0.3) is 0 Å². The summed E-state index contributed by atoms with van der Waals surface area (Å²) in [5, 5.41) is -0.990. The fraction of sp³-hybridized carbons (Fsp3) is 0.579. The van der Waals surface area contributed by atoms with Gasteiger partial charge in [0.05, 0.1) is 45.0 Å². The zero-order valence-corrected chi connectivity index (χ0v) is 56.1. The molecule has 0 N–H and O–H groups in total. The molecule has 12 nitrogen and oxygen atoms in total. The first-order chi connectivity index (χ1) is 44.2. The van der Waals surface area contributed by atoms with Gasteiger partial charge < -0.3 is 28.4 Å². The predicted octanol–water partition coefficient (Wildman–Crippen LogP) is 20.1. The van der Waals surface area contributed by atoms with Gasteiger partial charge in [0.15, 0.2) is 6.10 Å². The van der Waals surface area contributed by atoms with Gasteiger partial charge in [-0.15, -0.1) is 11.6 Å². The van der Waals surface area contributed by atoms with Crippen molar-refractivity contribution in [2.24, 2.45) is 0 Å². The molecule has 0 radical (unpaired) electrons. The Kier molecular flexibility index (Phi) is 38.3. The second-order valence-corrected chi connectivity index (χ2v) is 26.5. The topological polar surface area (TPSA) is 134 Å². The van der Waals surface area contributed by atoms with Crippen LogP contribution in [-0.4, -0.2) is 67.2 Å². The van der Waals surface area contributed by atoms with Gasteiger partial charge in [0.1, 0.15) is 37.1 Å². The van der Waals surface area contributed by atoms with E-state index in [1.54, 1.807) is 0 Å². The van der Waals surface area contributed by atoms with E-state index in [0.717, 1.165) is 60.8 Å². The van der Waals surface area contributed by atoms with Gasteiger partial charge in [-0.05, 0) is 40.7 Å². The molecule has 0 aliphatic heterocycles. The number of esters is 2. The number of carbonyl (C=O) groups is 2. The molecule has 14 heteroatoms. The van der Waals surface area contributed by atoms with Crippen LogP contribution in [0.1, 0.15) is 221 Å². The summed E-state index contributed by atoms with van der Waals surface area (Å²) in [7, 11) is -4.82. The second-order valence-electron chi connectivity index (χ2n) is 24.3. The number of halogens is 1. The Balaban J connectivity index is 1.23. The molecule has 496 valence electrons. The van der Waals surface area contributed by atoms with Crippen LogP contribution in [0.15, 0.2) is 152 Å². The number of unbranched alkanes of at least 4 members (excludes halogenated alkanes) is 24. The summed E-state index contributed by atoms with van der Waals surface area (Å²) in [5.41, 5.74) is 4.23. The van der Waals surface area contributed by atoms with Crippen LogP contribution >= 0.6 is 19.4 Å². The van der Waals surface area contributed by atoms with E-state index in [4.69, 9.17) is 53.6 Å². The lowest BCUT2D eigenvalue weighted by Crippen LogP contribution is -2.65. The molecule has 1 unspecified atom stereocenters. The molecule has 8 atom stereocenters. The quantitative estimate of drug-likeness (QED) is 0.0159. The van der Waals surface area contributed by atoms with Crippen molar-refractivity contribution in [1.29, 1.82) is 0 Å². The first kappa shape index (κ1) is 74.3. The largest absolute Gasteiger partial charge is 0.475 e. The van der Waals surface area contributed by atoms with Gasteiger partial charge in [-0.25, -0.2) is 4.57 Å². The van der Waals surface area contributed by atoms with Crippen LogP contribution in [0.2, 0.25) is 0 Å². The average molecular weight is 1280 g/mol. The van der Waals surface area contributed by atoms with Crippen molar-refractivity contribution in [2.75, 3.05) is 13.2 Å². The number of carbonyl (C=O) groups excluding carboxylic acids is 2. The Morgan fingerprint density at radius 2 is 0.667 bits per heavy atom. The highest BCUT2D eigenvalue weighted by Gasteiger charge is 2.56. The number of phosphoric acid groups is 1. The lowest BCUT2D eigenvalue weighted by Gasteiger charge is -2.48. The third kappa shape index (κ3) is 30.8. The van der Waals surface area contributed by atoms with E-state index >= 15 is 4.57 Å². The van der Waals surface area contributed by atoms with E-state index in [-0.39, 0.29) is 52.5 Å². The normalized spacial score (nSPS) is 18.4. The average Bonchev–Trinajstić information content (AvgIpc) is 0.978. The SMILES string of the molecule is CCCCCCCCCCCCCCCC(=O)OC[C@H](COP(=O)(OCc1ccccc1)O[C@H]1[C@H](OCc2ccccc2)[C@@H](OCc2ccccc2)[C@H](OCc2ccccc2)[C@@H](Cl)[C@H]1OCc1ccccc1)OC(=O)CCCCCCCCCCCCCCC. The van der Waals surface area contributed by atoms with Crippen LogP contribution < -0.4 is 0 Å². The van der Waals surface area contributed by atoms with E-state index in [2.05, 4.69) is 13.8 Å². The Hall–Kier alpha value is -4.72. The summed E-state index contributed by atoms with van der Waals surface area (Å²) in [5.74, 6) is -0.880. The Labute approximate surface area is 546 Å². The summed E-state index contributed by atoms with van der Waals surface area (Å²) in [6, 6.07) is 48.3. The van der Waals surface area contributed by atoms with Crippen molar-refractivity contribution in [1.82, 2.24) is 0 Å². The first-order valence-electron chi connectivity index (χ1n) is 34.5. The number of rotatable bonds is 51. The highest BCUT2D eigenvalue weighted by Crippen LogP contribution is 2.54. The van der Waals surface area contributed by atoms with Crippen LogP contribution in [0.3, 0.4) is 0 Å². The monoisotopic (exact) mass is 1280 g/mol. The summed E-state index contributed by atoms with van der Waals surface area (Å²) < 4.78 is 75.4. The Bertz CT molecular complexity index is 2620. The minimum atomic E-state index is -4.82. The molecule has 1 saturated carbocycles. The molecular formula is C76H108ClO12P. The van der Waals surface area contributed by atoms with Crippen molar-refractivity contribution in [3.63, 3.8) is 0 Å². The maximum atomic E-state index is 16.0. The second kappa shape index (κ2) is 46.4. The number of alkyl halides is 1. The fourth-order valence-corrected chi connectivity index (χ4v) is 13.2. The molecule has 90 heavy (non-hydrogen) atoms. The first-order valence-corrected chi connectivity index (χ1v) is 36.4. The lowest BCUT2D eigenvalue weighted by atomic mass is 9.85. The van der Waals surface area contributed by atoms with E-state index in [9.17, 15) is 9.59 Å². The summed E-state index contributed by atoms with van der Waals surface area (Å²) in [6.07, 6.45) is 24.7. The van der Waals surface area contributed by atoms with Crippen molar-refractivity contribution in [2.45, 2.75) is 269 Å². The van der Waals surface area contributed by atoms with E-state index in [0.29, 0.717) is 18.4 Å². The van der Waals surface area contributed by atoms with Gasteiger partial charge in [-0.2, -0.15) is 0 Å². The Morgan fingerprint density at radius 3 is 1.03 bits per heavy atom. The molecule has 1 aliphatic carbocycles. The molecule has 0 bridgehead atoms. The van der Waals surface area contributed by atoms with Crippen molar-refractivity contribution < 1.29 is 56.1 Å².